The van der Waals surface area contributed by atoms with Gasteiger partial charge in [-0.05, 0) is 18.7 Å². The third-order valence-electron chi connectivity index (χ3n) is 3.01. The van der Waals surface area contributed by atoms with E-state index in [-0.39, 0.29) is 11.2 Å². The summed E-state index contributed by atoms with van der Waals surface area (Å²) in [6.07, 6.45) is 0. The Bertz CT molecular complexity index is 584. The molecule has 2 rings (SSSR count). The van der Waals surface area contributed by atoms with Crippen LogP contribution in [0.5, 0.6) is 0 Å². The van der Waals surface area contributed by atoms with E-state index < -0.39 is 0 Å². The molecule has 0 amide bonds. The highest BCUT2D eigenvalue weighted by Crippen LogP contribution is 2.34. The zero-order valence-electron chi connectivity index (χ0n) is 12.5. The van der Waals surface area contributed by atoms with Crippen molar-refractivity contribution in [1.29, 1.82) is 0 Å². The molecule has 0 atom stereocenters. The van der Waals surface area contributed by atoms with Gasteiger partial charge in [0.2, 0.25) is 0 Å². The molecule has 4 heteroatoms. The molecule has 0 fully saturated rings. The molecule has 0 spiro atoms. The highest BCUT2D eigenvalue weighted by atomic mass is 32.1. The number of hydrogen-bond acceptors (Lipinski definition) is 3. The van der Waals surface area contributed by atoms with E-state index in [1.165, 1.54) is 10.9 Å². The van der Waals surface area contributed by atoms with Crippen LogP contribution in [-0.4, -0.2) is 11.5 Å². The van der Waals surface area contributed by atoms with Crippen molar-refractivity contribution in [2.24, 2.45) is 0 Å². The topological polar surface area (TPSA) is 24.9 Å². The summed E-state index contributed by atoms with van der Waals surface area (Å²) in [6.45, 7) is 10.3. The van der Waals surface area contributed by atoms with E-state index >= 15 is 0 Å². The quantitative estimate of drug-likeness (QED) is 0.906. The highest BCUT2D eigenvalue weighted by Gasteiger charge is 2.23. The lowest BCUT2D eigenvalue weighted by atomic mass is 9.91. The fourth-order valence-corrected chi connectivity index (χ4v) is 3.28. The van der Waals surface area contributed by atoms with Gasteiger partial charge in [0.15, 0.2) is 0 Å². The second-order valence-corrected chi connectivity index (χ2v) is 6.92. The molecular formula is C16H21FN2S. The summed E-state index contributed by atoms with van der Waals surface area (Å²) in [6, 6.07) is 6.64. The zero-order chi connectivity index (χ0) is 14.8. The Morgan fingerprint density at radius 2 is 2.05 bits per heavy atom. The van der Waals surface area contributed by atoms with Crippen LogP contribution in [-0.2, 0) is 12.0 Å². The van der Waals surface area contributed by atoms with Gasteiger partial charge in [-0.1, -0.05) is 39.8 Å². The fraction of sp³-hybridized carbons (Fsp3) is 0.438. The minimum Gasteiger partial charge on any atom is -0.312 e. The van der Waals surface area contributed by atoms with Gasteiger partial charge in [0.25, 0.3) is 0 Å². The van der Waals surface area contributed by atoms with Gasteiger partial charge in [-0.3, -0.25) is 0 Å². The van der Waals surface area contributed by atoms with Crippen LogP contribution in [0.2, 0.25) is 0 Å². The minimum absolute atomic E-state index is 0.00711. The second kappa shape index (κ2) is 6.02. The Hall–Kier alpha value is -1.26. The summed E-state index contributed by atoms with van der Waals surface area (Å²) in [7, 11) is 0. The van der Waals surface area contributed by atoms with Crippen molar-refractivity contribution in [3.63, 3.8) is 0 Å². The standard InChI is InChI=1S/C16H21FN2S/c1-5-18-10-13-14(16(2,3)4)19-15(20-13)11-7-6-8-12(17)9-11/h6-9,18H,5,10H2,1-4H3. The summed E-state index contributed by atoms with van der Waals surface area (Å²) in [4.78, 5) is 5.99. The summed E-state index contributed by atoms with van der Waals surface area (Å²) >= 11 is 1.65. The predicted octanol–water partition coefficient (Wildman–Crippen LogP) is 4.36. The molecule has 0 aliphatic rings. The van der Waals surface area contributed by atoms with Crippen LogP contribution in [0.25, 0.3) is 10.6 Å². The first-order valence-electron chi connectivity index (χ1n) is 6.88. The predicted molar refractivity (Wildman–Crippen MR) is 83.6 cm³/mol. The molecular weight excluding hydrogens is 271 g/mol. The second-order valence-electron chi connectivity index (χ2n) is 5.83. The Balaban J connectivity index is 2.43. The Morgan fingerprint density at radius 3 is 2.65 bits per heavy atom. The lowest BCUT2D eigenvalue weighted by molar-refractivity contribution is 0.561. The summed E-state index contributed by atoms with van der Waals surface area (Å²) in [5.74, 6) is -0.219. The highest BCUT2D eigenvalue weighted by molar-refractivity contribution is 7.15. The van der Waals surface area contributed by atoms with Crippen LogP contribution in [0.15, 0.2) is 24.3 Å². The van der Waals surface area contributed by atoms with Crippen LogP contribution in [0, 0.1) is 5.82 Å². The maximum atomic E-state index is 13.4. The van der Waals surface area contributed by atoms with E-state index in [9.17, 15) is 4.39 Å². The van der Waals surface area contributed by atoms with Gasteiger partial charge < -0.3 is 5.32 Å². The van der Waals surface area contributed by atoms with Crippen LogP contribution < -0.4 is 5.32 Å². The Labute approximate surface area is 124 Å². The van der Waals surface area contributed by atoms with E-state index in [0.717, 1.165) is 29.4 Å². The number of halogens is 1. The van der Waals surface area contributed by atoms with E-state index in [1.54, 1.807) is 23.5 Å². The van der Waals surface area contributed by atoms with Crippen LogP contribution in [0.3, 0.4) is 0 Å². The first kappa shape index (κ1) is 15.1. The molecule has 0 aliphatic heterocycles. The zero-order valence-corrected chi connectivity index (χ0v) is 13.3. The maximum Gasteiger partial charge on any atom is 0.124 e. The molecule has 1 N–H and O–H groups in total. The molecule has 2 nitrogen and oxygen atoms in total. The third kappa shape index (κ3) is 3.44. The van der Waals surface area contributed by atoms with Gasteiger partial charge >= 0.3 is 0 Å². The van der Waals surface area contributed by atoms with Crippen LogP contribution >= 0.6 is 11.3 Å². The van der Waals surface area contributed by atoms with Crippen LogP contribution in [0.1, 0.15) is 38.3 Å². The molecule has 2 aromatic rings. The van der Waals surface area contributed by atoms with Crippen molar-refractivity contribution in [2.75, 3.05) is 6.54 Å². The number of nitrogens with one attached hydrogen (secondary N) is 1. The Morgan fingerprint density at radius 1 is 1.30 bits per heavy atom. The molecule has 0 saturated heterocycles. The molecule has 108 valence electrons. The Kier molecular flexibility index (Phi) is 4.55. The average molecular weight is 292 g/mol. The minimum atomic E-state index is -0.219. The monoisotopic (exact) mass is 292 g/mol. The lowest BCUT2D eigenvalue weighted by Crippen LogP contribution is -2.18. The average Bonchev–Trinajstić information content (AvgIpc) is 2.80. The molecule has 0 unspecified atom stereocenters. The lowest BCUT2D eigenvalue weighted by Gasteiger charge is -2.17. The van der Waals surface area contributed by atoms with Gasteiger partial charge in [0.1, 0.15) is 10.8 Å². The molecule has 20 heavy (non-hydrogen) atoms. The van der Waals surface area contributed by atoms with Gasteiger partial charge in [0, 0.05) is 22.4 Å². The summed E-state index contributed by atoms with van der Waals surface area (Å²) in [5.41, 5.74) is 1.94. The number of nitrogens with zero attached hydrogens (tertiary/aromatic N) is 1. The molecule has 0 bridgehead atoms. The van der Waals surface area contributed by atoms with Crippen molar-refractivity contribution in [3.05, 3.63) is 40.7 Å². The van der Waals surface area contributed by atoms with Gasteiger partial charge in [-0.2, -0.15) is 0 Å². The molecule has 1 aromatic heterocycles. The van der Waals surface area contributed by atoms with Crippen LogP contribution in [0.4, 0.5) is 4.39 Å². The number of hydrogen-bond donors (Lipinski definition) is 1. The largest absolute Gasteiger partial charge is 0.312 e. The summed E-state index contributed by atoms with van der Waals surface area (Å²) < 4.78 is 13.4. The normalized spacial score (nSPS) is 11.8. The molecule has 1 heterocycles. The molecule has 0 radical (unpaired) electrons. The SMILES string of the molecule is CCNCc1sc(-c2cccc(F)c2)nc1C(C)(C)C. The van der Waals surface area contributed by atoms with Crippen molar-refractivity contribution < 1.29 is 4.39 Å². The first-order chi connectivity index (χ1) is 9.41. The number of thiazole rings is 1. The summed E-state index contributed by atoms with van der Waals surface area (Å²) in [5, 5.41) is 4.24. The smallest absolute Gasteiger partial charge is 0.124 e. The third-order valence-corrected chi connectivity index (χ3v) is 4.12. The van der Waals surface area contributed by atoms with E-state index in [2.05, 4.69) is 33.0 Å². The van der Waals surface area contributed by atoms with E-state index in [4.69, 9.17) is 4.98 Å². The first-order valence-corrected chi connectivity index (χ1v) is 7.70. The maximum absolute atomic E-state index is 13.4. The van der Waals surface area contributed by atoms with Crippen molar-refractivity contribution in [3.8, 4) is 10.6 Å². The number of aromatic nitrogens is 1. The van der Waals surface area contributed by atoms with Crippen molar-refractivity contribution in [1.82, 2.24) is 10.3 Å². The van der Waals surface area contributed by atoms with Gasteiger partial charge in [-0.25, -0.2) is 9.37 Å². The fourth-order valence-electron chi connectivity index (χ4n) is 2.04. The number of rotatable bonds is 4. The van der Waals surface area contributed by atoms with Gasteiger partial charge in [0.05, 0.1) is 5.69 Å². The van der Waals surface area contributed by atoms with Crippen molar-refractivity contribution in [2.45, 2.75) is 39.7 Å². The molecule has 0 saturated carbocycles. The molecule has 1 aromatic carbocycles. The molecule has 0 aliphatic carbocycles. The van der Waals surface area contributed by atoms with Gasteiger partial charge in [-0.15, -0.1) is 11.3 Å². The number of benzene rings is 1. The van der Waals surface area contributed by atoms with E-state index in [1.807, 2.05) is 6.07 Å². The van der Waals surface area contributed by atoms with E-state index in [0.29, 0.717) is 0 Å². The van der Waals surface area contributed by atoms with Crippen molar-refractivity contribution >= 4 is 11.3 Å².